The van der Waals surface area contributed by atoms with Crippen LogP contribution in [0.5, 0.6) is 0 Å². The van der Waals surface area contributed by atoms with E-state index < -0.39 is 0 Å². The maximum Gasteiger partial charge on any atom is 0.178 e. The third-order valence-corrected chi connectivity index (χ3v) is 1.52. The molecule has 0 aliphatic carbocycles. The Morgan fingerprint density at radius 3 is 2.67 bits per heavy atom. The van der Waals surface area contributed by atoms with Crippen molar-refractivity contribution in [1.82, 2.24) is 9.97 Å². The molecule has 0 atom stereocenters. The first-order valence-corrected chi connectivity index (χ1v) is 3.65. The van der Waals surface area contributed by atoms with E-state index in [2.05, 4.69) is 9.97 Å². The SMILES string of the molecule is CC=[SH]c1ncccn1. The number of nitrogens with zero attached hydrogens (tertiary/aromatic N) is 2. The minimum atomic E-state index is 0.861. The fourth-order valence-corrected chi connectivity index (χ4v) is 0.971. The molecule has 0 aromatic carbocycles. The average Bonchev–Trinajstić information content (AvgIpc) is 1.91. The highest BCUT2D eigenvalue weighted by Crippen LogP contribution is 1.97. The monoisotopic (exact) mass is 140 g/mol. The molecular weight excluding hydrogens is 132 g/mol. The first kappa shape index (κ1) is 6.42. The van der Waals surface area contributed by atoms with E-state index in [0.29, 0.717) is 0 Å². The lowest BCUT2D eigenvalue weighted by atomic mass is 10.7. The van der Waals surface area contributed by atoms with Crippen LogP contribution in [0.1, 0.15) is 6.92 Å². The van der Waals surface area contributed by atoms with Gasteiger partial charge in [-0.25, -0.2) is 9.97 Å². The van der Waals surface area contributed by atoms with Crippen LogP contribution in [-0.4, -0.2) is 15.3 Å². The van der Waals surface area contributed by atoms with Gasteiger partial charge in [0.25, 0.3) is 0 Å². The molecule has 1 heterocycles. The van der Waals surface area contributed by atoms with Crippen LogP contribution < -0.4 is 0 Å². The van der Waals surface area contributed by atoms with Gasteiger partial charge in [0.2, 0.25) is 0 Å². The zero-order chi connectivity index (χ0) is 6.53. The molecule has 0 saturated carbocycles. The van der Waals surface area contributed by atoms with Crippen LogP contribution in [0, 0.1) is 0 Å². The Hall–Kier alpha value is -0.700. The fourth-order valence-electron chi connectivity index (χ4n) is 0.473. The fraction of sp³-hybridized carbons (Fsp3) is 0.167. The van der Waals surface area contributed by atoms with E-state index in [-0.39, 0.29) is 0 Å². The summed E-state index contributed by atoms with van der Waals surface area (Å²) < 4.78 is 0. The van der Waals surface area contributed by atoms with Gasteiger partial charge >= 0.3 is 0 Å². The van der Waals surface area contributed by atoms with Gasteiger partial charge in [0.1, 0.15) is 0 Å². The molecule has 0 radical (unpaired) electrons. The summed E-state index contributed by atoms with van der Waals surface area (Å²) in [5.41, 5.74) is 0. The van der Waals surface area contributed by atoms with Crippen molar-refractivity contribution in [3.05, 3.63) is 18.5 Å². The number of rotatable bonds is 1. The molecule has 3 heteroatoms. The Kier molecular flexibility index (Phi) is 2.39. The van der Waals surface area contributed by atoms with E-state index in [0.717, 1.165) is 16.5 Å². The highest BCUT2D eigenvalue weighted by Gasteiger charge is 1.80. The molecule has 1 aromatic rings. The van der Waals surface area contributed by atoms with Gasteiger partial charge in [-0.1, -0.05) is 5.37 Å². The molecule has 2 nitrogen and oxygen atoms in total. The van der Waals surface area contributed by atoms with Gasteiger partial charge in [-0.3, -0.25) is 0 Å². The average molecular weight is 140 g/mol. The van der Waals surface area contributed by atoms with Crippen LogP contribution in [0.25, 0.3) is 0 Å². The van der Waals surface area contributed by atoms with Crippen molar-refractivity contribution in [1.29, 1.82) is 0 Å². The summed E-state index contributed by atoms with van der Waals surface area (Å²) in [6.45, 7) is 1.98. The van der Waals surface area contributed by atoms with E-state index in [9.17, 15) is 0 Å². The summed E-state index contributed by atoms with van der Waals surface area (Å²) in [5.74, 6) is 0. The highest BCUT2D eigenvalue weighted by atomic mass is 32.1. The summed E-state index contributed by atoms with van der Waals surface area (Å²) in [7, 11) is 0. The molecule has 9 heavy (non-hydrogen) atoms. The van der Waals surface area contributed by atoms with Crippen LogP contribution in [0.4, 0.5) is 0 Å². The summed E-state index contributed by atoms with van der Waals surface area (Å²) >= 11 is 1.08. The van der Waals surface area contributed by atoms with Crippen LogP contribution >= 0.6 is 11.4 Å². The van der Waals surface area contributed by atoms with Gasteiger partial charge in [-0.2, -0.15) is 0 Å². The largest absolute Gasteiger partial charge is 0.232 e. The summed E-state index contributed by atoms with van der Waals surface area (Å²) in [6, 6.07) is 1.81. The van der Waals surface area contributed by atoms with Gasteiger partial charge in [-0.15, -0.1) is 11.4 Å². The first-order chi connectivity index (χ1) is 4.43. The zero-order valence-corrected chi connectivity index (χ0v) is 6.05. The minimum Gasteiger partial charge on any atom is -0.232 e. The Morgan fingerprint density at radius 1 is 1.44 bits per heavy atom. The maximum absolute atomic E-state index is 4.01. The van der Waals surface area contributed by atoms with Gasteiger partial charge < -0.3 is 0 Å². The lowest BCUT2D eigenvalue weighted by Gasteiger charge is -1.85. The van der Waals surface area contributed by atoms with Crippen molar-refractivity contribution < 1.29 is 0 Å². The molecule has 0 unspecified atom stereocenters. The third-order valence-electron chi connectivity index (χ3n) is 0.797. The van der Waals surface area contributed by atoms with E-state index in [4.69, 9.17) is 0 Å². The van der Waals surface area contributed by atoms with E-state index in [1.807, 2.05) is 18.4 Å². The van der Waals surface area contributed by atoms with Gasteiger partial charge in [0.05, 0.1) is 0 Å². The van der Waals surface area contributed by atoms with E-state index in [1.54, 1.807) is 12.4 Å². The van der Waals surface area contributed by atoms with Crippen LogP contribution in [0.2, 0.25) is 0 Å². The second-order valence-electron chi connectivity index (χ2n) is 1.44. The highest BCUT2D eigenvalue weighted by molar-refractivity contribution is 7.97. The Balaban J connectivity index is 2.85. The lowest BCUT2D eigenvalue weighted by molar-refractivity contribution is 0.974. The van der Waals surface area contributed by atoms with Crippen LogP contribution in [0.3, 0.4) is 0 Å². The van der Waals surface area contributed by atoms with Crippen LogP contribution in [-0.2, 0) is 0 Å². The number of hydrogen-bond donors (Lipinski definition) is 1. The number of hydrogen-bond acceptors (Lipinski definition) is 2. The molecule has 0 bridgehead atoms. The summed E-state index contributed by atoms with van der Waals surface area (Å²) in [5, 5.41) is 2.87. The number of aromatic nitrogens is 2. The van der Waals surface area contributed by atoms with Crippen molar-refractivity contribution in [3.8, 4) is 0 Å². The molecule has 0 fully saturated rings. The second-order valence-corrected chi connectivity index (χ2v) is 2.61. The van der Waals surface area contributed by atoms with Crippen molar-refractivity contribution in [3.63, 3.8) is 0 Å². The minimum absolute atomic E-state index is 0.861. The summed E-state index contributed by atoms with van der Waals surface area (Å²) in [4.78, 5) is 8.03. The second kappa shape index (κ2) is 3.35. The molecule has 1 rings (SSSR count). The van der Waals surface area contributed by atoms with Crippen LogP contribution in [0.15, 0.2) is 23.6 Å². The van der Waals surface area contributed by atoms with Gasteiger partial charge in [-0.05, 0) is 13.0 Å². The van der Waals surface area contributed by atoms with E-state index in [1.165, 1.54) is 0 Å². The molecule has 0 aliphatic rings. The Morgan fingerprint density at radius 2 is 2.11 bits per heavy atom. The standard InChI is InChI=1S/C6H8N2S/c1-2-9-6-7-4-3-5-8-6/h2-5,9H,1H3. The predicted molar refractivity (Wildman–Crippen MR) is 41.0 cm³/mol. The number of thiol groups is 1. The summed E-state index contributed by atoms with van der Waals surface area (Å²) in [6.07, 6.45) is 3.50. The van der Waals surface area contributed by atoms with Crippen molar-refractivity contribution in [2.75, 3.05) is 0 Å². The molecule has 0 amide bonds. The quantitative estimate of drug-likeness (QED) is 0.359. The lowest BCUT2D eigenvalue weighted by Crippen LogP contribution is -1.78. The molecule has 48 valence electrons. The predicted octanol–water partition coefficient (Wildman–Crippen LogP) is 1.12. The normalized spacial score (nSPS) is 11.2. The molecule has 0 saturated heterocycles. The van der Waals surface area contributed by atoms with E-state index >= 15 is 0 Å². The molecule has 0 N–H and O–H groups in total. The maximum atomic E-state index is 4.01. The molecule has 0 spiro atoms. The topological polar surface area (TPSA) is 25.8 Å². The Bertz CT molecular complexity index is 195. The molecule has 1 aromatic heterocycles. The molecular formula is C6H8N2S. The Labute approximate surface area is 57.9 Å². The molecule has 0 aliphatic heterocycles. The van der Waals surface area contributed by atoms with Gasteiger partial charge in [0, 0.05) is 12.4 Å². The van der Waals surface area contributed by atoms with Crippen molar-refractivity contribution in [2.45, 2.75) is 12.1 Å². The third kappa shape index (κ3) is 1.93. The van der Waals surface area contributed by atoms with Crippen molar-refractivity contribution in [2.24, 2.45) is 0 Å². The van der Waals surface area contributed by atoms with Gasteiger partial charge in [0.15, 0.2) is 5.16 Å². The van der Waals surface area contributed by atoms with Crippen molar-refractivity contribution >= 4 is 16.7 Å². The zero-order valence-electron chi connectivity index (χ0n) is 5.15. The smallest absolute Gasteiger partial charge is 0.178 e. The first-order valence-electron chi connectivity index (χ1n) is 2.69.